The van der Waals surface area contributed by atoms with E-state index in [-0.39, 0.29) is 0 Å². The van der Waals surface area contributed by atoms with Crippen molar-refractivity contribution in [1.82, 2.24) is 0 Å². The third-order valence-electron chi connectivity index (χ3n) is 4.13. The fourth-order valence-corrected chi connectivity index (χ4v) is 3.08. The third kappa shape index (κ3) is 2.20. The molecular formula is C17H18BrNO. The zero-order valence-corrected chi connectivity index (χ0v) is 13.6. The molecule has 3 heteroatoms. The number of rotatable bonds is 2. The molecule has 3 rings (SSSR count). The molecule has 0 atom stereocenters. The zero-order chi connectivity index (χ0) is 14.3. The summed E-state index contributed by atoms with van der Waals surface area (Å²) in [5, 5.41) is 3.40. The highest BCUT2D eigenvalue weighted by molar-refractivity contribution is 9.10. The van der Waals surface area contributed by atoms with E-state index in [0.29, 0.717) is 0 Å². The maximum Gasteiger partial charge on any atom is 0.130 e. The molecule has 1 aliphatic rings. The van der Waals surface area contributed by atoms with Gasteiger partial charge in [-0.25, -0.2) is 0 Å². The van der Waals surface area contributed by atoms with Gasteiger partial charge in [-0.3, -0.25) is 0 Å². The van der Waals surface area contributed by atoms with Crippen LogP contribution in [0.1, 0.15) is 22.3 Å². The summed E-state index contributed by atoms with van der Waals surface area (Å²) in [4.78, 5) is 0. The molecule has 1 N–H and O–H groups in total. The van der Waals surface area contributed by atoms with Crippen molar-refractivity contribution in [1.29, 1.82) is 0 Å². The number of hydrogen-bond donors (Lipinski definition) is 1. The van der Waals surface area contributed by atoms with Crippen LogP contribution >= 0.6 is 15.9 Å². The fourth-order valence-electron chi connectivity index (χ4n) is 2.65. The molecule has 20 heavy (non-hydrogen) atoms. The minimum Gasteiger partial charge on any atom is -0.457 e. The highest BCUT2D eigenvalue weighted by Gasteiger charge is 2.16. The largest absolute Gasteiger partial charge is 0.457 e. The van der Waals surface area contributed by atoms with E-state index < -0.39 is 0 Å². The maximum absolute atomic E-state index is 6.15. The Morgan fingerprint density at radius 1 is 0.950 bits per heavy atom. The predicted octanol–water partition coefficient (Wildman–Crippen LogP) is 5.13. The normalized spacial score (nSPS) is 13.0. The average Bonchev–Trinajstić information content (AvgIpc) is 2.91. The van der Waals surface area contributed by atoms with Crippen LogP contribution < -0.4 is 10.1 Å². The third-order valence-corrected chi connectivity index (χ3v) is 4.99. The standard InChI is InChI=1S/C17H18BrNO/c1-10-11(2)16(6-4-14(10)18)20-17-7-5-15-13(12(17)3)8-9-19-15/h4-7,19H,8-9H2,1-3H3. The summed E-state index contributed by atoms with van der Waals surface area (Å²) in [6.45, 7) is 7.36. The van der Waals surface area contributed by atoms with Gasteiger partial charge in [0, 0.05) is 16.7 Å². The average molecular weight is 332 g/mol. The first kappa shape index (κ1) is 13.5. The van der Waals surface area contributed by atoms with Gasteiger partial charge < -0.3 is 10.1 Å². The van der Waals surface area contributed by atoms with Crippen LogP contribution in [-0.2, 0) is 6.42 Å². The summed E-state index contributed by atoms with van der Waals surface area (Å²) in [6.07, 6.45) is 1.08. The topological polar surface area (TPSA) is 21.3 Å². The Balaban J connectivity index is 1.98. The van der Waals surface area contributed by atoms with Gasteiger partial charge in [0.05, 0.1) is 0 Å². The van der Waals surface area contributed by atoms with Crippen molar-refractivity contribution in [3.05, 3.63) is 51.0 Å². The summed E-state index contributed by atoms with van der Waals surface area (Å²) in [5.41, 5.74) is 6.28. The summed E-state index contributed by atoms with van der Waals surface area (Å²) in [6, 6.07) is 8.24. The molecule has 0 unspecified atom stereocenters. The van der Waals surface area contributed by atoms with Crippen LogP contribution in [0.25, 0.3) is 0 Å². The van der Waals surface area contributed by atoms with Gasteiger partial charge in [-0.15, -0.1) is 0 Å². The van der Waals surface area contributed by atoms with E-state index in [1.165, 1.54) is 27.9 Å². The van der Waals surface area contributed by atoms with Crippen molar-refractivity contribution in [3.63, 3.8) is 0 Å². The highest BCUT2D eigenvalue weighted by atomic mass is 79.9. The predicted molar refractivity (Wildman–Crippen MR) is 87.1 cm³/mol. The van der Waals surface area contributed by atoms with Crippen molar-refractivity contribution in [2.24, 2.45) is 0 Å². The van der Waals surface area contributed by atoms with Gasteiger partial charge in [-0.2, -0.15) is 0 Å². The molecule has 2 aromatic carbocycles. The van der Waals surface area contributed by atoms with Crippen molar-refractivity contribution in [3.8, 4) is 11.5 Å². The van der Waals surface area contributed by atoms with Crippen molar-refractivity contribution < 1.29 is 4.74 Å². The molecule has 0 bridgehead atoms. The maximum atomic E-state index is 6.15. The van der Waals surface area contributed by atoms with Crippen LogP contribution in [0, 0.1) is 20.8 Å². The van der Waals surface area contributed by atoms with Crippen LogP contribution in [0.5, 0.6) is 11.5 Å². The van der Waals surface area contributed by atoms with E-state index in [0.717, 1.165) is 28.9 Å². The number of hydrogen-bond acceptors (Lipinski definition) is 2. The first-order valence-electron chi connectivity index (χ1n) is 6.88. The lowest BCUT2D eigenvalue weighted by Gasteiger charge is -2.15. The van der Waals surface area contributed by atoms with Crippen LogP contribution in [0.15, 0.2) is 28.7 Å². The molecule has 0 spiro atoms. The second kappa shape index (κ2) is 5.13. The van der Waals surface area contributed by atoms with Gasteiger partial charge in [-0.1, -0.05) is 15.9 Å². The molecule has 2 aromatic rings. The molecule has 0 fully saturated rings. The number of halogens is 1. The highest BCUT2D eigenvalue weighted by Crippen LogP contribution is 2.36. The minimum absolute atomic E-state index is 0.930. The molecule has 2 nitrogen and oxygen atoms in total. The number of fused-ring (bicyclic) bond motifs is 1. The Hall–Kier alpha value is -1.48. The number of ether oxygens (including phenoxy) is 1. The summed E-state index contributed by atoms with van der Waals surface area (Å²) in [7, 11) is 0. The number of anilines is 1. The molecule has 1 heterocycles. The molecule has 0 amide bonds. The summed E-state index contributed by atoms with van der Waals surface area (Å²) in [5.74, 6) is 1.89. The van der Waals surface area contributed by atoms with Gasteiger partial charge >= 0.3 is 0 Å². The van der Waals surface area contributed by atoms with E-state index >= 15 is 0 Å². The lowest BCUT2D eigenvalue weighted by atomic mass is 10.0. The summed E-state index contributed by atoms with van der Waals surface area (Å²) < 4.78 is 7.27. The quantitative estimate of drug-likeness (QED) is 0.823. The first-order valence-corrected chi connectivity index (χ1v) is 7.67. The lowest BCUT2D eigenvalue weighted by Crippen LogP contribution is -1.95. The van der Waals surface area contributed by atoms with Gasteiger partial charge in [0.1, 0.15) is 11.5 Å². The minimum atomic E-state index is 0.930. The molecule has 0 aliphatic carbocycles. The second-order valence-electron chi connectivity index (χ2n) is 5.29. The Kier molecular flexibility index (Phi) is 3.47. The Morgan fingerprint density at radius 3 is 2.45 bits per heavy atom. The van der Waals surface area contributed by atoms with Crippen molar-refractivity contribution in [2.75, 3.05) is 11.9 Å². The Bertz CT molecular complexity index is 679. The molecular weight excluding hydrogens is 314 g/mol. The van der Waals surface area contributed by atoms with Crippen LogP contribution in [0.4, 0.5) is 5.69 Å². The SMILES string of the molecule is Cc1c(Br)ccc(Oc2ccc3c(c2C)CCN3)c1C. The van der Waals surface area contributed by atoms with Gasteiger partial charge in [0.25, 0.3) is 0 Å². The van der Waals surface area contributed by atoms with Crippen molar-refractivity contribution >= 4 is 21.6 Å². The lowest BCUT2D eigenvalue weighted by molar-refractivity contribution is 0.474. The van der Waals surface area contributed by atoms with Crippen LogP contribution in [0.3, 0.4) is 0 Å². The monoisotopic (exact) mass is 331 g/mol. The Labute approximate surface area is 128 Å². The summed E-state index contributed by atoms with van der Waals surface area (Å²) >= 11 is 3.56. The molecule has 0 radical (unpaired) electrons. The van der Waals surface area contributed by atoms with Crippen molar-refractivity contribution in [2.45, 2.75) is 27.2 Å². The second-order valence-corrected chi connectivity index (χ2v) is 6.14. The molecule has 0 saturated carbocycles. The smallest absolute Gasteiger partial charge is 0.130 e. The molecule has 0 saturated heterocycles. The fraction of sp³-hybridized carbons (Fsp3) is 0.294. The molecule has 0 aromatic heterocycles. The van der Waals surface area contributed by atoms with E-state index in [1.807, 2.05) is 12.1 Å². The number of benzene rings is 2. The van der Waals surface area contributed by atoms with Gasteiger partial charge in [-0.05, 0) is 73.7 Å². The van der Waals surface area contributed by atoms with E-state index in [1.54, 1.807) is 0 Å². The van der Waals surface area contributed by atoms with E-state index in [2.05, 4.69) is 54.2 Å². The van der Waals surface area contributed by atoms with E-state index in [9.17, 15) is 0 Å². The molecule has 1 aliphatic heterocycles. The zero-order valence-electron chi connectivity index (χ0n) is 12.0. The first-order chi connectivity index (χ1) is 9.58. The van der Waals surface area contributed by atoms with Crippen LogP contribution in [-0.4, -0.2) is 6.54 Å². The number of nitrogens with one attached hydrogen (secondary N) is 1. The van der Waals surface area contributed by atoms with Crippen LogP contribution in [0.2, 0.25) is 0 Å². The van der Waals surface area contributed by atoms with Gasteiger partial charge in [0.2, 0.25) is 0 Å². The van der Waals surface area contributed by atoms with E-state index in [4.69, 9.17) is 4.74 Å². The molecule has 104 valence electrons. The Morgan fingerprint density at radius 2 is 1.65 bits per heavy atom. The van der Waals surface area contributed by atoms with Gasteiger partial charge in [0.15, 0.2) is 0 Å².